The van der Waals surface area contributed by atoms with Crippen molar-refractivity contribution >= 4 is 56.9 Å². The lowest BCUT2D eigenvalue weighted by Gasteiger charge is -2.24. The van der Waals surface area contributed by atoms with Crippen molar-refractivity contribution in [1.82, 2.24) is 9.97 Å². The van der Waals surface area contributed by atoms with Crippen molar-refractivity contribution in [2.24, 2.45) is 0 Å². The highest BCUT2D eigenvalue weighted by Gasteiger charge is 2.51. The number of Topliss-reactive ketones (excluding diaryl/α,β-unsaturated/α-hetero) is 4. The van der Waals surface area contributed by atoms with Crippen LogP contribution in [0.4, 0.5) is 0 Å². The molecule has 0 amide bonds. The number of carbonyl (C=O) groups is 6. The zero-order chi connectivity index (χ0) is 25.7. The third kappa shape index (κ3) is 3.18. The minimum Gasteiger partial charge on any atom is -0.465 e. The van der Waals surface area contributed by atoms with E-state index in [9.17, 15) is 28.8 Å². The Labute approximate surface area is 202 Å². The van der Waals surface area contributed by atoms with Gasteiger partial charge < -0.3 is 19.4 Å². The number of hydrogen-bond acceptors (Lipinski definition) is 8. The fraction of sp³-hybridized carbons (Fsp3) is 0.154. The summed E-state index contributed by atoms with van der Waals surface area (Å²) in [5.74, 6) is -9.20. The standard InChI is InChI=1S/C26H18N2O8/c1-35-25(33)11-5-3-7-15-17(11)13(9-27-15)19-21(29)23(31)20(24(32)22(19)30)14-10-28-16-8-4-6-12(18(14)16)26(34)36-2/h3-10,19-20,27-28H,1-2H3. The maximum absolute atomic E-state index is 13.3. The number of ketones is 4. The topological polar surface area (TPSA) is 152 Å². The second-order valence-corrected chi connectivity index (χ2v) is 8.25. The number of fused-ring (bicyclic) bond motifs is 2. The minimum atomic E-state index is -1.72. The van der Waals surface area contributed by atoms with Gasteiger partial charge in [0.05, 0.1) is 25.3 Å². The summed E-state index contributed by atoms with van der Waals surface area (Å²) in [5.41, 5.74) is 1.08. The van der Waals surface area contributed by atoms with Crippen LogP contribution in [0, 0.1) is 0 Å². The summed E-state index contributed by atoms with van der Waals surface area (Å²) in [5, 5.41) is 0.436. The summed E-state index contributed by atoms with van der Waals surface area (Å²) in [7, 11) is 2.37. The monoisotopic (exact) mass is 486 g/mol. The van der Waals surface area contributed by atoms with Gasteiger partial charge in [-0.05, 0) is 35.4 Å². The van der Waals surface area contributed by atoms with Gasteiger partial charge in [0, 0.05) is 34.2 Å². The van der Waals surface area contributed by atoms with Crippen molar-refractivity contribution in [3.63, 3.8) is 0 Å². The number of carbonyl (C=O) groups excluding carboxylic acids is 6. The number of H-pyrrole nitrogens is 2. The van der Waals surface area contributed by atoms with Crippen LogP contribution < -0.4 is 0 Å². The summed E-state index contributed by atoms with van der Waals surface area (Å²) in [6.45, 7) is 0. The van der Waals surface area contributed by atoms with E-state index in [1.54, 1.807) is 24.3 Å². The molecule has 1 aliphatic rings. The van der Waals surface area contributed by atoms with E-state index in [0.717, 1.165) is 0 Å². The van der Waals surface area contributed by atoms with Crippen molar-refractivity contribution in [3.05, 3.63) is 71.0 Å². The Hall–Kier alpha value is -4.86. The molecular formula is C26H18N2O8. The van der Waals surface area contributed by atoms with Gasteiger partial charge >= 0.3 is 11.9 Å². The fourth-order valence-electron chi connectivity index (χ4n) is 4.81. The molecule has 10 nitrogen and oxygen atoms in total. The number of aromatic amines is 2. The molecule has 0 saturated heterocycles. The van der Waals surface area contributed by atoms with Crippen LogP contribution in [0.1, 0.15) is 43.7 Å². The molecule has 180 valence electrons. The van der Waals surface area contributed by atoms with E-state index in [-0.39, 0.29) is 33.0 Å². The molecule has 1 aliphatic carbocycles. The van der Waals surface area contributed by atoms with Crippen LogP contribution in [0.2, 0.25) is 0 Å². The lowest BCUT2D eigenvalue weighted by Crippen LogP contribution is -2.46. The molecule has 1 saturated carbocycles. The molecule has 1 fully saturated rings. The van der Waals surface area contributed by atoms with E-state index in [2.05, 4.69) is 9.97 Å². The fourth-order valence-corrected chi connectivity index (χ4v) is 4.81. The average Bonchev–Trinajstić information content (AvgIpc) is 3.52. The molecule has 0 aliphatic heterocycles. The van der Waals surface area contributed by atoms with Gasteiger partial charge in [-0.25, -0.2) is 9.59 Å². The van der Waals surface area contributed by atoms with E-state index in [1.165, 1.54) is 38.7 Å². The highest BCUT2D eigenvalue weighted by molar-refractivity contribution is 6.64. The number of ether oxygens (including phenoxy) is 2. The molecule has 0 spiro atoms. The van der Waals surface area contributed by atoms with Crippen molar-refractivity contribution in [2.75, 3.05) is 14.2 Å². The molecule has 5 rings (SSSR count). The quantitative estimate of drug-likeness (QED) is 0.253. The number of aromatic nitrogens is 2. The Morgan fingerprint density at radius 1 is 0.639 bits per heavy atom. The molecule has 0 bridgehead atoms. The predicted molar refractivity (Wildman–Crippen MR) is 125 cm³/mol. The van der Waals surface area contributed by atoms with E-state index >= 15 is 0 Å². The molecule has 4 aromatic rings. The van der Waals surface area contributed by atoms with Gasteiger partial charge in [-0.2, -0.15) is 0 Å². The second-order valence-electron chi connectivity index (χ2n) is 8.25. The Balaban J connectivity index is 1.64. The molecular weight excluding hydrogens is 468 g/mol. The van der Waals surface area contributed by atoms with Gasteiger partial charge in [0.2, 0.25) is 23.1 Å². The Bertz CT molecular complexity index is 1490. The SMILES string of the molecule is COC(=O)c1cccc2[nH]cc(C3C(=O)C(=O)C(c4c[nH]c5cccc(C(=O)OC)c45)C(=O)C3=O)c12. The number of benzene rings is 2. The molecule has 0 atom stereocenters. The predicted octanol–water partition coefficient (Wildman–Crippen LogP) is 2.38. The van der Waals surface area contributed by atoms with E-state index in [0.29, 0.717) is 11.0 Å². The summed E-state index contributed by atoms with van der Waals surface area (Å²) in [4.78, 5) is 83.7. The van der Waals surface area contributed by atoms with Crippen molar-refractivity contribution in [2.45, 2.75) is 11.8 Å². The van der Waals surface area contributed by atoms with E-state index < -0.39 is 46.9 Å². The van der Waals surface area contributed by atoms with Gasteiger partial charge in [0.15, 0.2) is 0 Å². The number of nitrogens with one attached hydrogen (secondary N) is 2. The Kier molecular flexibility index (Phi) is 5.36. The first-order chi connectivity index (χ1) is 17.3. The third-order valence-electron chi connectivity index (χ3n) is 6.44. The molecule has 2 aromatic carbocycles. The normalized spacial score (nSPS) is 18.2. The van der Waals surface area contributed by atoms with Gasteiger partial charge in [-0.15, -0.1) is 0 Å². The second kappa shape index (κ2) is 8.42. The third-order valence-corrected chi connectivity index (χ3v) is 6.44. The maximum atomic E-state index is 13.3. The number of hydrogen-bond donors (Lipinski definition) is 2. The molecule has 10 heteroatoms. The Morgan fingerprint density at radius 3 is 1.33 bits per heavy atom. The first-order valence-corrected chi connectivity index (χ1v) is 10.8. The summed E-state index contributed by atoms with van der Waals surface area (Å²) in [6.07, 6.45) is 2.67. The smallest absolute Gasteiger partial charge is 0.338 e. The van der Waals surface area contributed by atoms with Crippen LogP contribution in [0.25, 0.3) is 21.8 Å². The van der Waals surface area contributed by atoms with Gasteiger partial charge in [0.25, 0.3) is 0 Å². The zero-order valence-corrected chi connectivity index (χ0v) is 19.0. The van der Waals surface area contributed by atoms with Crippen molar-refractivity contribution < 1.29 is 38.2 Å². The van der Waals surface area contributed by atoms with Gasteiger partial charge in [-0.3, -0.25) is 19.2 Å². The molecule has 0 radical (unpaired) electrons. The molecule has 36 heavy (non-hydrogen) atoms. The summed E-state index contributed by atoms with van der Waals surface area (Å²) < 4.78 is 9.60. The molecule has 0 unspecified atom stereocenters. The van der Waals surface area contributed by atoms with E-state index in [4.69, 9.17) is 9.47 Å². The largest absolute Gasteiger partial charge is 0.465 e. The van der Waals surface area contributed by atoms with Gasteiger partial charge in [0.1, 0.15) is 11.8 Å². The zero-order valence-electron chi connectivity index (χ0n) is 19.0. The van der Waals surface area contributed by atoms with Crippen molar-refractivity contribution in [3.8, 4) is 0 Å². The molecule has 2 N–H and O–H groups in total. The summed E-state index contributed by atoms with van der Waals surface area (Å²) >= 11 is 0. The first-order valence-electron chi connectivity index (χ1n) is 10.8. The molecule has 2 heterocycles. The number of methoxy groups -OCH3 is 2. The average molecular weight is 486 g/mol. The number of esters is 2. The lowest BCUT2D eigenvalue weighted by atomic mass is 9.72. The van der Waals surface area contributed by atoms with Crippen LogP contribution in [-0.4, -0.2) is 59.3 Å². The van der Waals surface area contributed by atoms with Gasteiger partial charge in [-0.1, -0.05) is 12.1 Å². The van der Waals surface area contributed by atoms with Crippen molar-refractivity contribution in [1.29, 1.82) is 0 Å². The highest BCUT2D eigenvalue weighted by atomic mass is 16.5. The lowest BCUT2D eigenvalue weighted by molar-refractivity contribution is -0.150. The van der Waals surface area contributed by atoms with Crippen LogP contribution in [0.3, 0.4) is 0 Å². The highest BCUT2D eigenvalue weighted by Crippen LogP contribution is 2.39. The Morgan fingerprint density at radius 2 is 1.00 bits per heavy atom. The van der Waals surface area contributed by atoms with E-state index in [1.807, 2.05) is 0 Å². The summed E-state index contributed by atoms with van der Waals surface area (Å²) in [6, 6.07) is 9.32. The first kappa shape index (κ1) is 22.9. The minimum absolute atomic E-state index is 0.0373. The number of rotatable bonds is 4. The van der Waals surface area contributed by atoms with Crippen LogP contribution in [-0.2, 0) is 28.7 Å². The van der Waals surface area contributed by atoms with Crippen LogP contribution in [0.5, 0.6) is 0 Å². The maximum Gasteiger partial charge on any atom is 0.338 e. The molecule has 2 aromatic heterocycles. The van der Waals surface area contributed by atoms with Crippen LogP contribution >= 0.6 is 0 Å². The van der Waals surface area contributed by atoms with Crippen LogP contribution in [0.15, 0.2) is 48.8 Å².